The van der Waals surface area contributed by atoms with E-state index in [0.29, 0.717) is 6.61 Å². The molecule has 1 amide bonds. The number of aliphatic hydroxyl groups is 2. The van der Waals surface area contributed by atoms with E-state index in [-0.39, 0.29) is 12.0 Å². The molecule has 0 aliphatic heterocycles. The third kappa shape index (κ3) is 7.51. The number of hydrogen-bond donors (Lipinski definition) is 3. The molecule has 0 aliphatic carbocycles. The van der Waals surface area contributed by atoms with Crippen molar-refractivity contribution in [3.05, 3.63) is 23.3 Å². The Kier molecular flexibility index (Phi) is 8.30. The van der Waals surface area contributed by atoms with E-state index in [1.54, 1.807) is 0 Å². The highest BCUT2D eigenvalue weighted by atomic mass is 16.5. The van der Waals surface area contributed by atoms with Crippen LogP contribution in [-0.2, 0) is 4.79 Å². The Bertz CT molecular complexity index is 609. The molecule has 0 saturated carbocycles. The third-order valence-electron chi connectivity index (χ3n) is 4.77. The summed E-state index contributed by atoms with van der Waals surface area (Å²) in [5.74, 6) is 0.384. The van der Waals surface area contributed by atoms with Gasteiger partial charge in [-0.1, -0.05) is 34.6 Å². The van der Waals surface area contributed by atoms with Crippen molar-refractivity contribution in [1.82, 2.24) is 0 Å². The van der Waals surface area contributed by atoms with E-state index in [1.807, 2.05) is 46.8 Å². The Labute approximate surface area is 164 Å². The fraction of sp³-hybridized carbons (Fsp3) is 0.682. The topological polar surface area (TPSA) is 78.8 Å². The first-order valence-corrected chi connectivity index (χ1v) is 9.71. The molecule has 5 heteroatoms. The molecule has 0 aromatic heterocycles. The molecule has 0 heterocycles. The summed E-state index contributed by atoms with van der Waals surface area (Å²) in [7, 11) is 0. The molecule has 0 fully saturated rings. The summed E-state index contributed by atoms with van der Waals surface area (Å²) in [6.45, 7) is 14.3. The van der Waals surface area contributed by atoms with Crippen molar-refractivity contribution in [2.75, 3.05) is 18.5 Å². The molecular formula is C22H37NO4. The molecule has 0 spiro atoms. The maximum atomic E-state index is 12.3. The van der Waals surface area contributed by atoms with Crippen LogP contribution in [0.25, 0.3) is 0 Å². The van der Waals surface area contributed by atoms with Gasteiger partial charge in [-0.15, -0.1) is 0 Å². The fourth-order valence-corrected chi connectivity index (χ4v) is 2.76. The number of aryl methyl sites for hydroxylation is 2. The summed E-state index contributed by atoms with van der Waals surface area (Å²) < 4.78 is 5.85. The molecule has 5 nitrogen and oxygen atoms in total. The van der Waals surface area contributed by atoms with Crippen molar-refractivity contribution in [1.29, 1.82) is 0 Å². The minimum absolute atomic E-state index is 0.0371. The van der Waals surface area contributed by atoms with E-state index in [4.69, 9.17) is 4.74 Å². The zero-order valence-corrected chi connectivity index (χ0v) is 18.0. The summed E-state index contributed by atoms with van der Waals surface area (Å²) >= 11 is 0. The normalized spacial score (nSPS) is 13.4. The number of carbonyl (C=O) groups is 1. The highest BCUT2D eigenvalue weighted by Crippen LogP contribution is 2.28. The van der Waals surface area contributed by atoms with E-state index < -0.39 is 17.4 Å². The molecule has 154 valence electrons. The Morgan fingerprint density at radius 2 is 1.67 bits per heavy atom. The first-order valence-electron chi connectivity index (χ1n) is 9.71. The zero-order chi connectivity index (χ0) is 20.8. The molecule has 0 bridgehead atoms. The molecule has 1 atom stereocenters. The van der Waals surface area contributed by atoms with E-state index >= 15 is 0 Å². The number of benzene rings is 1. The number of ether oxygens (including phenoxy) is 1. The second kappa shape index (κ2) is 9.56. The lowest BCUT2D eigenvalue weighted by molar-refractivity contribution is -0.129. The molecule has 1 aromatic rings. The van der Waals surface area contributed by atoms with Gasteiger partial charge in [-0.2, -0.15) is 0 Å². The molecular weight excluding hydrogens is 342 g/mol. The standard InChI is InChI=1S/C22H37NO4/c1-15-12-17(27-11-9-8-10-22(6,7)14-24)13-16(2)18(15)23-20(26)19(25)21(3,4)5/h12-13,19,24-25H,8-11,14H2,1-7H3,(H,23,26). The summed E-state index contributed by atoms with van der Waals surface area (Å²) in [5, 5.41) is 22.3. The second-order valence-corrected chi connectivity index (χ2v) is 9.32. The van der Waals surface area contributed by atoms with Gasteiger partial charge in [0, 0.05) is 12.3 Å². The van der Waals surface area contributed by atoms with Crippen molar-refractivity contribution in [3.63, 3.8) is 0 Å². The van der Waals surface area contributed by atoms with Gasteiger partial charge in [0.1, 0.15) is 11.9 Å². The zero-order valence-electron chi connectivity index (χ0n) is 18.0. The number of anilines is 1. The van der Waals surface area contributed by atoms with Crippen LogP contribution in [0.3, 0.4) is 0 Å². The van der Waals surface area contributed by atoms with Crippen LogP contribution in [0, 0.1) is 24.7 Å². The largest absolute Gasteiger partial charge is 0.494 e. The van der Waals surface area contributed by atoms with Gasteiger partial charge < -0.3 is 20.3 Å². The third-order valence-corrected chi connectivity index (χ3v) is 4.77. The van der Waals surface area contributed by atoms with Crippen LogP contribution >= 0.6 is 0 Å². The van der Waals surface area contributed by atoms with E-state index in [1.165, 1.54) is 0 Å². The van der Waals surface area contributed by atoms with Gasteiger partial charge in [-0.05, 0) is 67.2 Å². The van der Waals surface area contributed by atoms with Gasteiger partial charge in [0.05, 0.1) is 6.61 Å². The molecule has 1 rings (SSSR count). The van der Waals surface area contributed by atoms with E-state index in [9.17, 15) is 15.0 Å². The fourth-order valence-electron chi connectivity index (χ4n) is 2.76. The number of amides is 1. The van der Waals surface area contributed by atoms with Gasteiger partial charge in [0.2, 0.25) is 0 Å². The molecule has 0 radical (unpaired) electrons. The van der Waals surface area contributed by atoms with Crippen molar-refractivity contribution >= 4 is 11.6 Å². The van der Waals surface area contributed by atoms with Crippen LogP contribution in [0.15, 0.2) is 12.1 Å². The minimum atomic E-state index is -1.07. The van der Waals surface area contributed by atoms with Crippen molar-refractivity contribution in [3.8, 4) is 5.75 Å². The average molecular weight is 380 g/mol. The molecule has 1 aromatic carbocycles. The predicted octanol–water partition coefficient (Wildman–Crippen LogP) is 4.22. The number of rotatable bonds is 9. The maximum Gasteiger partial charge on any atom is 0.253 e. The van der Waals surface area contributed by atoms with Gasteiger partial charge in [0.25, 0.3) is 5.91 Å². The average Bonchev–Trinajstić information content (AvgIpc) is 2.56. The highest BCUT2D eigenvalue weighted by molar-refractivity contribution is 5.96. The number of unbranched alkanes of at least 4 members (excludes halogenated alkanes) is 1. The lowest BCUT2D eigenvalue weighted by Crippen LogP contribution is -2.38. The van der Waals surface area contributed by atoms with Crippen molar-refractivity contribution in [2.24, 2.45) is 10.8 Å². The molecule has 3 N–H and O–H groups in total. The van der Waals surface area contributed by atoms with Crippen LogP contribution in [0.2, 0.25) is 0 Å². The number of aliphatic hydroxyl groups excluding tert-OH is 2. The quantitative estimate of drug-likeness (QED) is 0.561. The van der Waals surface area contributed by atoms with Crippen LogP contribution in [0.1, 0.15) is 65.0 Å². The van der Waals surface area contributed by atoms with E-state index in [0.717, 1.165) is 41.8 Å². The minimum Gasteiger partial charge on any atom is -0.494 e. The summed E-state index contributed by atoms with van der Waals surface area (Å²) in [6, 6.07) is 3.81. The Morgan fingerprint density at radius 1 is 1.11 bits per heavy atom. The first-order chi connectivity index (χ1) is 12.4. The number of nitrogens with one attached hydrogen (secondary N) is 1. The Hall–Kier alpha value is -1.59. The number of hydrogen-bond acceptors (Lipinski definition) is 4. The van der Waals surface area contributed by atoms with Crippen molar-refractivity contribution in [2.45, 2.75) is 73.8 Å². The lowest BCUT2D eigenvalue weighted by atomic mass is 9.88. The Balaban J connectivity index is 2.64. The van der Waals surface area contributed by atoms with Crippen LogP contribution in [0.5, 0.6) is 5.75 Å². The summed E-state index contributed by atoms with van der Waals surface area (Å²) in [5.41, 5.74) is 1.98. The van der Waals surface area contributed by atoms with Gasteiger partial charge in [-0.3, -0.25) is 4.79 Å². The first kappa shape index (κ1) is 23.4. The second-order valence-electron chi connectivity index (χ2n) is 9.32. The number of carbonyl (C=O) groups excluding carboxylic acids is 1. The predicted molar refractivity (Wildman–Crippen MR) is 110 cm³/mol. The molecule has 27 heavy (non-hydrogen) atoms. The van der Waals surface area contributed by atoms with Crippen LogP contribution in [0.4, 0.5) is 5.69 Å². The molecule has 0 aliphatic rings. The maximum absolute atomic E-state index is 12.3. The summed E-state index contributed by atoms with van der Waals surface area (Å²) in [4.78, 5) is 12.3. The van der Waals surface area contributed by atoms with Gasteiger partial charge in [0.15, 0.2) is 0 Å². The smallest absolute Gasteiger partial charge is 0.253 e. The molecule has 1 unspecified atom stereocenters. The van der Waals surface area contributed by atoms with Crippen molar-refractivity contribution < 1.29 is 19.7 Å². The van der Waals surface area contributed by atoms with Gasteiger partial charge >= 0.3 is 0 Å². The lowest BCUT2D eigenvalue weighted by Gasteiger charge is -2.25. The highest BCUT2D eigenvalue weighted by Gasteiger charge is 2.29. The Morgan fingerprint density at radius 3 is 2.15 bits per heavy atom. The van der Waals surface area contributed by atoms with Crippen LogP contribution in [-0.4, -0.2) is 35.4 Å². The monoisotopic (exact) mass is 379 g/mol. The molecule has 0 saturated heterocycles. The van der Waals surface area contributed by atoms with E-state index in [2.05, 4.69) is 19.2 Å². The SMILES string of the molecule is Cc1cc(OCCCCC(C)(C)CO)cc(C)c1NC(=O)C(O)C(C)(C)C. The van der Waals surface area contributed by atoms with Gasteiger partial charge in [-0.25, -0.2) is 0 Å². The van der Waals surface area contributed by atoms with Crippen LogP contribution < -0.4 is 10.1 Å². The summed E-state index contributed by atoms with van der Waals surface area (Å²) in [6.07, 6.45) is 1.82.